The molecule has 0 bridgehead atoms. The van der Waals surface area contributed by atoms with Crippen LogP contribution in [0.5, 0.6) is 0 Å². The number of fused-ring (bicyclic) bond motifs is 1. The van der Waals surface area contributed by atoms with Crippen molar-refractivity contribution in [3.05, 3.63) is 97.0 Å². The second kappa shape index (κ2) is 8.47. The number of oxazole rings is 1. The summed E-state index contributed by atoms with van der Waals surface area (Å²) in [6.07, 6.45) is 3.78. The number of anilines is 1. The third kappa shape index (κ3) is 4.00. The summed E-state index contributed by atoms with van der Waals surface area (Å²) >= 11 is 0. The van der Waals surface area contributed by atoms with Gasteiger partial charge in [0, 0.05) is 24.2 Å². The quantitative estimate of drug-likeness (QED) is 0.395. The predicted molar refractivity (Wildman–Crippen MR) is 120 cm³/mol. The molecule has 32 heavy (non-hydrogen) atoms. The van der Waals surface area contributed by atoms with Crippen molar-refractivity contribution in [2.24, 2.45) is 0 Å². The molecule has 0 aliphatic rings. The number of hydrogen-bond donors (Lipinski definition) is 1. The number of benzene rings is 3. The summed E-state index contributed by atoms with van der Waals surface area (Å²) in [4.78, 5) is 20.9. The summed E-state index contributed by atoms with van der Waals surface area (Å²) in [6.45, 7) is 0. The first-order valence-electron chi connectivity index (χ1n) is 10.2. The number of hydrogen-bond acceptors (Lipinski definition) is 4. The largest absolute Gasteiger partial charge is 0.441 e. The normalized spacial score (nSPS) is 11.0. The molecule has 0 aliphatic carbocycles. The van der Waals surface area contributed by atoms with Crippen LogP contribution >= 0.6 is 0 Å². The van der Waals surface area contributed by atoms with E-state index in [2.05, 4.69) is 15.3 Å². The van der Waals surface area contributed by atoms with Gasteiger partial charge in [0.2, 0.25) is 5.91 Å². The Morgan fingerprint density at radius 3 is 2.59 bits per heavy atom. The van der Waals surface area contributed by atoms with E-state index in [0.717, 1.165) is 16.7 Å². The smallest absolute Gasteiger partial charge is 0.224 e. The molecule has 7 heteroatoms. The Kier molecular flexibility index (Phi) is 5.21. The number of nitrogens with one attached hydrogen (secondary N) is 1. The lowest BCUT2D eigenvalue weighted by atomic mass is 10.2. The average Bonchev–Trinajstić information content (AvgIpc) is 3.46. The Hall–Kier alpha value is -4.26. The number of aryl methyl sites for hydroxylation is 1. The van der Waals surface area contributed by atoms with Crippen LogP contribution in [0.1, 0.15) is 12.3 Å². The fourth-order valence-corrected chi connectivity index (χ4v) is 3.53. The van der Waals surface area contributed by atoms with Crippen LogP contribution in [-0.2, 0) is 11.2 Å². The van der Waals surface area contributed by atoms with Gasteiger partial charge in [0.25, 0.3) is 0 Å². The maximum atomic E-state index is 13.9. The number of imidazole rings is 1. The molecule has 2 aromatic heterocycles. The fourth-order valence-electron chi connectivity index (χ4n) is 3.53. The van der Waals surface area contributed by atoms with Crippen LogP contribution < -0.4 is 5.32 Å². The predicted octanol–water partition coefficient (Wildman–Crippen LogP) is 5.39. The fraction of sp³-hybridized carbons (Fsp3) is 0.0800. The maximum absolute atomic E-state index is 13.9. The summed E-state index contributed by atoms with van der Waals surface area (Å²) < 4.78 is 21.5. The SMILES string of the molecule is O=C(CCc1ncc(-c2ccccc2F)o1)Nc1ccc(-n2cnc3ccccc32)cc1. The third-order valence-electron chi connectivity index (χ3n) is 5.14. The molecule has 2 heterocycles. The summed E-state index contributed by atoms with van der Waals surface area (Å²) in [5.41, 5.74) is 3.95. The molecule has 0 saturated heterocycles. The highest BCUT2D eigenvalue weighted by Crippen LogP contribution is 2.24. The van der Waals surface area contributed by atoms with Crippen LogP contribution in [0.4, 0.5) is 10.1 Å². The monoisotopic (exact) mass is 426 g/mol. The number of para-hydroxylation sites is 2. The number of aromatic nitrogens is 3. The number of carbonyl (C=O) groups is 1. The molecule has 1 amide bonds. The number of carbonyl (C=O) groups excluding carboxylic acids is 1. The van der Waals surface area contributed by atoms with Crippen molar-refractivity contribution >= 4 is 22.6 Å². The van der Waals surface area contributed by atoms with Gasteiger partial charge < -0.3 is 9.73 Å². The van der Waals surface area contributed by atoms with Gasteiger partial charge in [0.15, 0.2) is 11.7 Å². The number of nitrogens with zero attached hydrogens (tertiary/aromatic N) is 3. The number of halogens is 1. The van der Waals surface area contributed by atoms with Crippen molar-refractivity contribution in [1.82, 2.24) is 14.5 Å². The van der Waals surface area contributed by atoms with Gasteiger partial charge in [-0.2, -0.15) is 0 Å². The molecule has 0 radical (unpaired) electrons. The standard InChI is InChI=1S/C25H19FN4O2/c26-20-6-2-1-5-19(20)23-15-27-25(32-23)14-13-24(31)29-17-9-11-18(12-10-17)30-16-28-21-7-3-4-8-22(21)30/h1-12,15-16H,13-14H2,(H,29,31). The van der Waals surface area contributed by atoms with Gasteiger partial charge >= 0.3 is 0 Å². The first-order valence-corrected chi connectivity index (χ1v) is 10.2. The summed E-state index contributed by atoms with van der Waals surface area (Å²) in [6, 6.07) is 21.8. The van der Waals surface area contributed by atoms with Gasteiger partial charge in [-0.1, -0.05) is 24.3 Å². The third-order valence-corrected chi connectivity index (χ3v) is 5.14. The van der Waals surface area contributed by atoms with Crippen molar-refractivity contribution < 1.29 is 13.6 Å². The average molecular weight is 426 g/mol. The topological polar surface area (TPSA) is 73.0 Å². The molecule has 0 saturated carbocycles. The molecule has 0 aliphatic heterocycles. The molecule has 0 fully saturated rings. The van der Waals surface area contributed by atoms with Gasteiger partial charge in [0.1, 0.15) is 12.1 Å². The van der Waals surface area contributed by atoms with Gasteiger partial charge in [-0.3, -0.25) is 9.36 Å². The second-order valence-corrected chi connectivity index (χ2v) is 7.30. The molecular formula is C25H19FN4O2. The zero-order valence-electron chi connectivity index (χ0n) is 17.0. The van der Waals surface area contributed by atoms with Crippen LogP contribution in [0, 0.1) is 5.82 Å². The van der Waals surface area contributed by atoms with E-state index in [0.29, 0.717) is 29.3 Å². The zero-order valence-corrected chi connectivity index (χ0v) is 17.0. The second-order valence-electron chi connectivity index (χ2n) is 7.30. The van der Waals surface area contributed by atoms with E-state index in [1.165, 1.54) is 12.3 Å². The minimum atomic E-state index is -0.375. The molecule has 5 rings (SSSR count). The first-order chi connectivity index (χ1) is 15.7. The van der Waals surface area contributed by atoms with E-state index >= 15 is 0 Å². The van der Waals surface area contributed by atoms with Gasteiger partial charge in [-0.05, 0) is 48.5 Å². The highest BCUT2D eigenvalue weighted by molar-refractivity contribution is 5.91. The summed E-state index contributed by atoms with van der Waals surface area (Å²) in [7, 11) is 0. The summed E-state index contributed by atoms with van der Waals surface area (Å²) in [5, 5.41) is 2.88. The van der Waals surface area contributed by atoms with E-state index in [-0.39, 0.29) is 18.1 Å². The Balaban J connectivity index is 1.20. The van der Waals surface area contributed by atoms with Crippen molar-refractivity contribution in [2.75, 3.05) is 5.32 Å². The van der Waals surface area contributed by atoms with Crippen molar-refractivity contribution in [1.29, 1.82) is 0 Å². The highest BCUT2D eigenvalue weighted by Gasteiger charge is 2.12. The Morgan fingerprint density at radius 2 is 1.75 bits per heavy atom. The van der Waals surface area contributed by atoms with E-state index in [9.17, 15) is 9.18 Å². The summed E-state index contributed by atoms with van der Waals surface area (Å²) in [5.74, 6) is 0.207. The van der Waals surface area contributed by atoms with Crippen LogP contribution in [0.3, 0.4) is 0 Å². The van der Waals surface area contributed by atoms with Crippen LogP contribution in [0.15, 0.2) is 89.7 Å². The number of rotatable bonds is 6. The number of amides is 1. The lowest BCUT2D eigenvalue weighted by Crippen LogP contribution is -2.12. The van der Waals surface area contributed by atoms with Crippen LogP contribution in [0.25, 0.3) is 28.0 Å². The van der Waals surface area contributed by atoms with Crippen LogP contribution in [-0.4, -0.2) is 20.4 Å². The molecule has 6 nitrogen and oxygen atoms in total. The van der Waals surface area contributed by atoms with E-state index < -0.39 is 0 Å². The van der Waals surface area contributed by atoms with Crippen molar-refractivity contribution in [3.63, 3.8) is 0 Å². The molecule has 158 valence electrons. The lowest BCUT2D eigenvalue weighted by molar-refractivity contribution is -0.116. The lowest BCUT2D eigenvalue weighted by Gasteiger charge is -2.07. The van der Waals surface area contributed by atoms with E-state index in [4.69, 9.17) is 4.42 Å². The molecule has 1 N–H and O–H groups in total. The minimum absolute atomic E-state index is 0.156. The van der Waals surface area contributed by atoms with E-state index in [1.807, 2.05) is 53.1 Å². The van der Waals surface area contributed by atoms with Gasteiger partial charge in [-0.25, -0.2) is 14.4 Å². The minimum Gasteiger partial charge on any atom is -0.441 e. The maximum Gasteiger partial charge on any atom is 0.224 e. The Morgan fingerprint density at radius 1 is 0.969 bits per heavy atom. The molecular weight excluding hydrogens is 407 g/mol. The van der Waals surface area contributed by atoms with E-state index in [1.54, 1.807) is 24.5 Å². The van der Waals surface area contributed by atoms with Crippen molar-refractivity contribution in [3.8, 4) is 17.0 Å². The van der Waals surface area contributed by atoms with Gasteiger partial charge in [0.05, 0.1) is 22.8 Å². The Bertz CT molecular complexity index is 1390. The van der Waals surface area contributed by atoms with Crippen LogP contribution in [0.2, 0.25) is 0 Å². The molecule has 0 spiro atoms. The molecule has 0 atom stereocenters. The Labute approximate surface area is 183 Å². The van der Waals surface area contributed by atoms with Gasteiger partial charge in [-0.15, -0.1) is 0 Å². The zero-order chi connectivity index (χ0) is 21.9. The molecule has 3 aromatic carbocycles. The molecule has 0 unspecified atom stereocenters. The highest BCUT2D eigenvalue weighted by atomic mass is 19.1. The first kappa shape index (κ1) is 19.7. The molecule has 5 aromatic rings. The van der Waals surface area contributed by atoms with Crippen molar-refractivity contribution in [2.45, 2.75) is 12.8 Å².